The summed E-state index contributed by atoms with van der Waals surface area (Å²) in [6.07, 6.45) is 0. The molecule has 0 fully saturated rings. The minimum Gasteiger partial charge on any atom is -0.486 e. The van der Waals surface area contributed by atoms with Gasteiger partial charge in [-0.25, -0.2) is 4.98 Å². The van der Waals surface area contributed by atoms with E-state index in [4.69, 9.17) is 14.0 Å². The molecule has 9 heteroatoms. The Morgan fingerprint density at radius 1 is 1.06 bits per heavy atom. The van der Waals surface area contributed by atoms with Crippen molar-refractivity contribution in [1.29, 1.82) is 0 Å². The summed E-state index contributed by atoms with van der Waals surface area (Å²) in [6, 6.07) is 10.8. The Hall–Kier alpha value is -3.46. The SMILES string of the molecule is CC(C)(C)c1noc(-c2ccccc2C(=O)Nc2nc3cc4c(cc3s2)OCCO4)n1. The first-order valence-corrected chi connectivity index (χ1v) is 10.7. The minimum atomic E-state index is -0.303. The highest BCUT2D eigenvalue weighted by Gasteiger charge is 2.24. The summed E-state index contributed by atoms with van der Waals surface area (Å²) in [5.74, 6) is 1.94. The molecule has 2 aromatic heterocycles. The summed E-state index contributed by atoms with van der Waals surface area (Å²) in [7, 11) is 0. The summed E-state index contributed by atoms with van der Waals surface area (Å²) in [6.45, 7) is 7.03. The van der Waals surface area contributed by atoms with Crippen LogP contribution in [0.5, 0.6) is 11.5 Å². The first-order chi connectivity index (χ1) is 14.9. The molecule has 31 heavy (non-hydrogen) atoms. The monoisotopic (exact) mass is 436 g/mol. The van der Waals surface area contributed by atoms with Crippen molar-refractivity contribution in [3.8, 4) is 23.0 Å². The number of ether oxygens (including phenoxy) is 2. The highest BCUT2D eigenvalue weighted by Crippen LogP contribution is 2.38. The molecular formula is C22H20N4O4S. The summed E-state index contributed by atoms with van der Waals surface area (Å²) < 4.78 is 17.6. The number of nitrogens with one attached hydrogen (secondary N) is 1. The third kappa shape index (κ3) is 3.72. The van der Waals surface area contributed by atoms with E-state index in [1.165, 1.54) is 11.3 Å². The second kappa shape index (κ2) is 7.35. The van der Waals surface area contributed by atoms with Gasteiger partial charge in [-0.1, -0.05) is 49.4 Å². The molecule has 1 N–H and O–H groups in total. The zero-order valence-electron chi connectivity index (χ0n) is 17.3. The van der Waals surface area contributed by atoms with Gasteiger partial charge in [0.05, 0.1) is 21.3 Å². The molecule has 0 aliphatic carbocycles. The molecule has 0 bridgehead atoms. The third-order valence-corrected chi connectivity index (χ3v) is 5.71. The zero-order chi connectivity index (χ0) is 21.6. The lowest BCUT2D eigenvalue weighted by Gasteiger charge is -2.17. The van der Waals surface area contributed by atoms with Gasteiger partial charge in [-0.2, -0.15) is 4.98 Å². The number of aromatic nitrogens is 3. The molecule has 4 aromatic rings. The van der Waals surface area contributed by atoms with Crippen molar-refractivity contribution in [1.82, 2.24) is 15.1 Å². The number of hydrogen-bond acceptors (Lipinski definition) is 8. The van der Waals surface area contributed by atoms with Crippen LogP contribution in [-0.4, -0.2) is 34.2 Å². The maximum Gasteiger partial charge on any atom is 0.258 e. The number of benzene rings is 2. The average Bonchev–Trinajstić information content (AvgIpc) is 3.38. The van der Waals surface area contributed by atoms with Crippen molar-refractivity contribution in [3.05, 3.63) is 47.8 Å². The summed E-state index contributed by atoms with van der Waals surface area (Å²) in [5.41, 5.74) is 1.48. The Morgan fingerprint density at radius 2 is 1.81 bits per heavy atom. The van der Waals surface area contributed by atoms with E-state index in [1.54, 1.807) is 18.2 Å². The fourth-order valence-electron chi connectivity index (χ4n) is 3.19. The fourth-order valence-corrected chi connectivity index (χ4v) is 4.06. The van der Waals surface area contributed by atoms with Gasteiger partial charge in [-0.3, -0.25) is 10.1 Å². The van der Waals surface area contributed by atoms with Crippen molar-refractivity contribution in [2.45, 2.75) is 26.2 Å². The lowest BCUT2D eigenvalue weighted by Crippen LogP contribution is -2.15. The summed E-state index contributed by atoms with van der Waals surface area (Å²) >= 11 is 1.37. The predicted molar refractivity (Wildman–Crippen MR) is 117 cm³/mol. The lowest BCUT2D eigenvalue weighted by atomic mass is 9.96. The van der Waals surface area contributed by atoms with Gasteiger partial charge in [0.2, 0.25) is 0 Å². The van der Waals surface area contributed by atoms with Crippen LogP contribution in [0, 0.1) is 0 Å². The smallest absolute Gasteiger partial charge is 0.258 e. The van der Waals surface area contributed by atoms with Crippen LogP contribution in [0.2, 0.25) is 0 Å². The van der Waals surface area contributed by atoms with E-state index in [-0.39, 0.29) is 11.3 Å². The highest BCUT2D eigenvalue weighted by molar-refractivity contribution is 7.22. The van der Waals surface area contributed by atoms with E-state index in [0.29, 0.717) is 52.7 Å². The number of anilines is 1. The standard InChI is InChI=1S/C22H20N4O4S/c1-22(2,3)20-25-19(30-26-20)13-7-5-4-6-12(13)18(27)24-21-23-14-10-15-16(11-17(14)31-21)29-9-8-28-15/h4-7,10-11H,8-9H2,1-3H3,(H,23,24,27). The van der Waals surface area contributed by atoms with Crippen LogP contribution in [0.15, 0.2) is 40.9 Å². The van der Waals surface area contributed by atoms with Crippen LogP contribution in [-0.2, 0) is 5.41 Å². The molecule has 3 heterocycles. The van der Waals surface area contributed by atoms with Crippen molar-refractivity contribution in [2.24, 2.45) is 0 Å². The predicted octanol–water partition coefficient (Wildman–Crippen LogP) is 4.67. The summed E-state index contributed by atoms with van der Waals surface area (Å²) in [4.78, 5) is 22.1. The normalized spacial score (nSPS) is 13.4. The molecule has 2 aromatic carbocycles. The first-order valence-electron chi connectivity index (χ1n) is 9.83. The molecule has 0 spiro atoms. The molecule has 1 aliphatic heterocycles. The lowest BCUT2D eigenvalue weighted by molar-refractivity contribution is 0.102. The molecule has 0 radical (unpaired) electrons. The number of thiazole rings is 1. The number of carbonyl (C=O) groups is 1. The van der Waals surface area contributed by atoms with Crippen LogP contribution in [0.4, 0.5) is 5.13 Å². The van der Waals surface area contributed by atoms with Gasteiger partial charge in [-0.15, -0.1) is 0 Å². The molecule has 1 aliphatic rings. The number of amides is 1. The average molecular weight is 436 g/mol. The molecule has 5 rings (SSSR count). The molecule has 1 amide bonds. The van der Waals surface area contributed by atoms with Gasteiger partial charge in [0.25, 0.3) is 11.8 Å². The van der Waals surface area contributed by atoms with Gasteiger partial charge >= 0.3 is 0 Å². The maximum absolute atomic E-state index is 13.1. The van der Waals surface area contributed by atoms with Gasteiger partial charge in [0, 0.05) is 17.5 Å². The van der Waals surface area contributed by atoms with Gasteiger partial charge in [0.15, 0.2) is 22.5 Å². The Balaban J connectivity index is 1.44. The Bertz CT molecular complexity index is 1250. The molecule has 0 saturated carbocycles. The molecule has 8 nitrogen and oxygen atoms in total. The van der Waals surface area contributed by atoms with Gasteiger partial charge in [-0.05, 0) is 12.1 Å². The molecule has 0 saturated heterocycles. The van der Waals surface area contributed by atoms with E-state index < -0.39 is 0 Å². The molecule has 0 unspecified atom stereocenters. The van der Waals surface area contributed by atoms with Crippen LogP contribution < -0.4 is 14.8 Å². The van der Waals surface area contributed by atoms with Gasteiger partial charge < -0.3 is 14.0 Å². The number of rotatable bonds is 3. The Morgan fingerprint density at radius 3 is 2.55 bits per heavy atom. The maximum atomic E-state index is 13.1. The number of nitrogens with zero attached hydrogens (tertiary/aromatic N) is 3. The largest absolute Gasteiger partial charge is 0.486 e. The van der Waals surface area contributed by atoms with Crippen molar-refractivity contribution in [3.63, 3.8) is 0 Å². The summed E-state index contributed by atoms with van der Waals surface area (Å²) in [5, 5.41) is 7.43. The third-order valence-electron chi connectivity index (χ3n) is 4.77. The Labute approximate surface area is 182 Å². The highest BCUT2D eigenvalue weighted by atomic mass is 32.1. The number of carbonyl (C=O) groups excluding carboxylic acids is 1. The zero-order valence-corrected chi connectivity index (χ0v) is 18.1. The van der Waals surface area contributed by atoms with E-state index in [2.05, 4.69) is 20.4 Å². The Kier molecular flexibility index (Phi) is 4.62. The van der Waals surface area contributed by atoms with Crippen LogP contribution >= 0.6 is 11.3 Å². The second-order valence-electron chi connectivity index (χ2n) is 8.16. The first kappa shape index (κ1) is 19.5. The van der Waals surface area contributed by atoms with Crippen molar-refractivity contribution < 1.29 is 18.8 Å². The van der Waals surface area contributed by atoms with Crippen LogP contribution in [0.1, 0.15) is 37.0 Å². The van der Waals surface area contributed by atoms with E-state index in [9.17, 15) is 4.79 Å². The molecular weight excluding hydrogens is 416 g/mol. The fraction of sp³-hybridized carbons (Fsp3) is 0.273. The van der Waals surface area contributed by atoms with E-state index >= 15 is 0 Å². The second-order valence-corrected chi connectivity index (χ2v) is 9.19. The minimum absolute atomic E-state index is 0.257. The van der Waals surface area contributed by atoms with E-state index in [1.807, 2.05) is 39.0 Å². The molecule has 158 valence electrons. The van der Waals surface area contributed by atoms with Gasteiger partial charge in [0.1, 0.15) is 13.2 Å². The van der Waals surface area contributed by atoms with Crippen LogP contribution in [0.3, 0.4) is 0 Å². The van der Waals surface area contributed by atoms with Crippen LogP contribution in [0.25, 0.3) is 21.7 Å². The van der Waals surface area contributed by atoms with Crippen molar-refractivity contribution in [2.75, 3.05) is 18.5 Å². The van der Waals surface area contributed by atoms with E-state index in [0.717, 1.165) is 10.2 Å². The van der Waals surface area contributed by atoms with Crippen molar-refractivity contribution >= 4 is 32.6 Å². The number of hydrogen-bond donors (Lipinski definition) is 1. The molecule has 0 atom stereocenters. The quantitative estimate of drug-likeness (QED) is 0.498. The number of fused-ring (bicyclic) bond motifs is 2. The topological polar surface area (TPSA) is 99.4 Å².